The summed E-state index contributed by atoms with van der Waals surface area (Å²) in [5, 5.41) is 9.13. The Morgan fingerprint density at radius 1 is 1.27 bits per heavy atom. The van der Waals surface area contributed by atoms with Crippen molar-refractivity contribution in [1.82, 2.24) is 4.98 Å². The molecular weight excluding hydrogens is 266 g/mol. The number of rotatable bonds is 0. The van der Waals surface area contributed by atoms with Crippen molar-refractivity contribution in [3.8, 4) is 6.07 Å². The van der Waals surface area contributed by atoms with Gasteiger partial charge in [0.2, 0.25) is 0 Å². The van der Waals surface area contributed by atoms with E-state index < -0.39 is 11.6 Å². The molecule has 2 aromatic rings. The fourth-order valence-electron chi connectivity index (χ4n) is 1.33. The van der Waals surface area contributed by atoms with E-state index in [1.807, 2.05) is 6.07 Å². The third kappa shape index (κ3) is 1.47. The van der Waals surface area contributed by atoms with Crippen LogP contribution >= 0.6 is 15.9 Å². The predicted octanol–water partition coefficient (Wildman–Crippen LogP) is 3.15. The minimum atomic E-state index is -0.734. The SMILES string of the molecule is N#Cc1cncc2c(F)cc(F)c(Br)c12. The van der Waals surface area contributed by atoms with Crippen LogP contribution in [0.1, 0.15) is 5.56 Å². The maximum absolute atomic E-state index is 13.3. The van der Waals surface area contributed by atoms with Gasteiger partial charge in [-0.3, -0.25) is 4.98 Å². The summed E-state index contributed by atoms with van der Waals surface area (Å²) < 4.78 is 26.6. The second-order valence-corrected chi connectivity index (χ2v) is 3.67. The lowest BCUT2D eigenvalue weighted by Crippen LogP contribution is -1.91. The van der Waals surface area contributed by atoms with Crippen LogP contribution in [0.15, 0.2) is 22.9 Å². The molecule has 0 radical (unpaired) electrons. The molecule has 1 heterocycles. The summed E-state index contributed by atoms with van der Waals surface area (Å²) in [7, 11) is 0. The Balaban J connectivity index is 3.05. The highest BCUT2D eigenvalue weighted by Gasteiger charge is 2.13. The minimum absolute atomic E-state index is 0.0813. The zero-order valence-electron chi connectivity index (χ0n) is 7.26. The molecule has 0 amide bonds. The summed E-state index contributed by atoms with van der Waals surface area (Å²) in [6.45, 7) is 0. The Kier molecular flexibility index (Phi) is 2.37. The monoisotopic (exact) mass is 268 g/mol. The van der Waals surface area contributed by atoms with E-state index in [2.05, 4.69) is 20.9 Å². The summed E-state index contributed by atoms with van der Waals surface area (Å²) in [6, 6.07) is 2.60. The van der Waals surface area contributed by atoms with E-state index in [1.165, 1.54) is 12.4 Å². The van der Waals surface area contributed by atoms with Gasteiger partial charge in [0.15, 0.2) is 0 Å². The minimum Gasteiger partial charge on any atom is -0.263 e. The number of nitrogens with zero attached hydrogens (tertiary/aromatic N) is 2. The highest BCUT2D eigenvalue weighted by Crippen LogP contribution is 2.30. The molecule has 0 atom stereocenters. The largest absolute Gasteiger partial charge is 0.263 e. The van der Waals surface area contributed by atoms with Crippen LogP contribution in [-0.2, 0) is 0 Å². The lowest BCUT2D eigenvalue weighted by Gasteiger charge is -2.04. The molecule has 2 nitrogen and oxygen atoms in total. The Morgan fingerprint density at radius 2 is 2.00 bits per heavy atom. The quantitative estimate of drug-likeness (QED) is 0.689. The van der Waals surface area contributed by atoms with Crippen molar-refractivity contribution in [2.24, 2.45) is 0 Å². The molecule has 0 spiro atoms. The fourth-order valence-corrected chi connectivity index (χ4v) is 1.88. The molecule has 0 saturated carbocycles. The Hall–Kier alpha value is -1.54. The van der Waals surface area contributed by atoms with Crippen molar-refractivity contribution < 1.29 is 8.78 Å². The van der Waals surface area contributed by atoms with E-state index in [0.29, 0.717) is 0 Å². The van der Waals surface area contributed by atoms with Crippen LogP contribution in [0.25, 0.3) is 10.8 Å². The number of aromatic nitrogens is 1. The zero-order chi connectivity index (χ0) is 11.0. The first-order valence-corrected chi connectivity index (χ1v) is 4.75. The van der Waals surface area contributed by atoms with E-state index >= 15 is 0 Å². The standard InChI is InChI=1S/C10H3BrF2N2/c11-10-8(13)1-7(12)6-4-15-3-5(2-14)9(6)10/h1,3-4H. The van der Waals surface area contributed by atoms with Crippen molar-refractivity contribution >= 4 is 26.7 Å². The summed E-state index contributed by atoms with van der Waals surface area (Å²) in [5.41, 5.74) is 0.137. The van der Waals surface area contributed by atoms with Crippen LogP contribution in [0, 0.1) is 23.0 Å². The molecule has 2 rings (SSSR count). The number of nitriles is 1. The molecular formula is C10H3BrF2N2. The number of pyridine rings is 1. The number of fused-ring (bicyclic) bond motifs is 1. The molecule has 1 aromatic heterocycles. The summed E-state index contributed by atoms with van der Waals surface area (Å²) in [6.07, 6.45) is 2.53. The van der Waals surface area contributed by atoms with Crippen LogP contribution in [0.2, 0.25) is 0 Å². The van der Waals surface area contributed by atoms with Crippen LogP contribution < -0.4 is 0 Å². The van der Waals surface area contributed by atoms with Crippen LogP contribution in [-0.4, -0.2) is 4.98 Å². The Labute approximate surface area is 92.3 Å². The molecule has 74 valence electrons. The third-order valence-electron chi connectivity index (χ3n) is 2.01. The van der Waals surface area contributed by atoms with E-state index in [1.54, 1.807) is 0 Å². The second kappa shape index (κ2) is 3.55. The highest BCUT2D eigenvalue weighted by atomic mass is 79.9. The average Bonchev–Trinajstić information content (AvgIpc) is 2.25. The molecule has 0 saturated heterocycles. The Morgan fingerprint density at radius 3 is 2.67 bits per heavy atom. The van der Waals surface area contributed by atoms with Gasteiger partial charge in [-0.25, -0.2) is 8.78 Å². The lowest BCUT2D eigenvalue weighted by molar-refractivity contribution is 0.587. The van der Waals surface area contributed by atoms with Crippen molar-refractivity contribution in [3.63, 3.8) is 0 Å². The average molecular weight is 269 g/mol. The van der Waals surface area contributed by atoms with E-state index in [-0.39, 0.29) is 20.8 Å². The van der Waals surface area contributed by atoms with Crippen LogP contribution in [0.5, 0.6) is 0 Å². The molecule has 0 bridgehead atoms. The third-order valence-corrected chi connectivity index (χ3v) is 2.78. The van der Waals surface area contributed by atoms with Gasteiger partial charge < -0.3 is 0 Å². The molecule has 0 aliphatic rings. The van der Waals surface area contributed by atoms with Crippen molar-refractivity contribution in [2.45, 2.75) is 0 Å². The number of benzene rings is 1. The first kappa shape index (κ1) is 9.99. The summed E-state index contributed by atoms with van der Waals surface area (Å²) >= 11 is 2.99. The van der Waals surface area contributed by atoms with Gasteiger partial charge >= 0.3 is 0 Å². The van der Waals surface area contributed by atoms with Crippen LogP contribution in [0.3, 0.4) is 0 Å². The van der Waals surface area contributed by atoms with Crippen molar-refractivity contribution in [1.29, 1.82) is 5.26 Å². The van der Waals surface area contributed by atoms with Crippen LogP contribution in [0.4, 0.5) is 8.78 Å². The van der Waals surface area contributed by atoms with Crippen molar-refractivity contribution in [3.05, 3.63) is 40.1 Å². The molecule has 0 aliphatic carbocycles. The number of halogens is 3. The smallest absolute Gasteiger partial charge is 0.140 e. The fraction of sp³-hybridized carbons (Fsp3) is 0. The topological polar surface area (TPSA) is 36.7 Å². The summed E-state index contributed by atoms with van der Waals surface area (Å²) in [4.78, 5) is 3.71. The molecule has 0 unspecified atom stereocenters. The normalized spacial score (nSPS) is 10.3. The predicted molar refractivity (Wildman–Crippen MR) is 54.1 cm³/mol. The van der Waals surface area contributed by atoms with Crippen molar-refractivity contribution in [2.75, 3.05) is 0 Å². The van der Waals surface area contributed by atoms with Gasteiger partial charge in [0.1, 0.15) is 17.7 Å². The molecule has 15 heavy (non-hydrogen) atoms. The molecule has 0 fully saturated rings. The van der Waals surface area contributed by atoms with Gasteiger partial charge in [-0.2, -0.15) is 5.26 Å². The Bertz CT molecular complexity index is 590. The van der Waals surface area contributed by atoms with Gasteiger partial charge in [-0.15, -0.1) is 0 Å². The van der Waals surface area contributed by atoms with Gasteiger partial charge in [0.25, 0.3) is 0 Å². The van der Waals surface area contributed by atoms with Gasteiger partial charge in [-0.05, 0) is 15.9 Å². The number of hydrogen-bond donors (Lipinski definition) is 0. The van der Waals surface area contributed by atoms with E-state index in [9.17, 15) is 8.78 Å². The molecule has 0 aliphatic heterocycles. The maximum atomic E-state index is 13.3. The van der Waals surface area contributed by atoms with E-state index in [4.69, 9.17) is 5.26 Å². The highest BCUT2D eigenvalue weighted by molar-refractivity contribution is 9.10. The zero-order valence-corrected chi connectivity index (χ0v) is 8.85. The summed E-state index contributed by atoms with van der Waals surface area (Å²) in [5.74, 6) is -1.46. The molecule has 0 N–H and O–H groups in total. The first-order chi connectivity index (χ1) is 7.15. The lowest BCUT2D eigenvalue weighted by atomic mass is 10.1. The molecule has 1 aromatic carbocycles. The molecule has 5 heteroatoms. The van der Waals surface area contributed by atoms with Gasteiger partial charge in [0.05, 0.1) is 10.0 Å². The van der Waals surface area contributed by atoms with Gasteiger partial charge in [-0.1, -0.05) is 0 Å². The first-order valence-electron chi connectivity index (χ1n) is 3.96. The van der Waals surface area contributed by atoms with Gasteiger partial charge in [0, 0.05) is 29.2 Å². The second-order valence-electron chi connectivity index (χ2n) is 2.88. The number of hydrogen-bond acceptors (Lipinski definition) is 2. The van der Waals surface area contributed by atoms with E-state index in [0.717, 1.165) is 6.07 Å². The maximum Gasteiger partial charge on any atom is 0.140 e.